The van der Waals surface area contributed by atoms with Gasteiger partial charge in [0.05, 0.1) is 6.04 Å². The molecule has 0 saturated carbocycles. The number of urea groups is 1. The maximum atomic E-state index is 11.8. The predicted octanol–water partition coefficient (Wildman–Crippen LogP) is -0.0956. The molecule has 0 bridgehead atoms. The second kappa shape index (κ2) is 7.33. The molecule has 6 nitrogen and oxygen atoms in total. The molecule has 0 aromatic heterocycles. The lowest BCUT2D eigenvalue weighted by atomic mass is 10.0. The molecule has 1 aliphatic heterocycles. The highest BCUT2D eigenvalue weighted by molar-refractivity contribution is 5.96. The van der Waals surface area contributed by atoms with Crippen LogP contribution in [0, 0.1) is 0 Å². The van der Waals surface area contributed by atoms with Crippen LogP contribution in [0.1, 0.15) is 26.7 Å². The summed E-state index contributed by atoms with van der Waals surface area (Å²) in [6.45, 7) is 6.63. The number of hydrogen-bond donors (Lipinski definition) is 3. The standard InChI is InChI=1S/C12H24N4O2/c1-4-14-10-6-5-7-16(8-10)9(2)11(17)15-12(18)13-3/h9-10,14H,4-8H2,1-3H3,(H2,13,15,17,18). The monoisotopic (exact) mass is 256 g/mol. The molecule has 3 amide bonds. The third-order valence-electron chi connectivity index (χ3n) is 3.34. The number of hydrogen-bond acceptors (Lipinski definition) is 4. The van der Waals surface area contributed by atoms with Gasteiger partial charge < -0.3 is 10.6 Å². The minimum atomic E-state index is -0.452. The van der Waals surface area contributed by atoms with Crippen molar-refractivity contribution in [1.29, 1.82) is 0 Å². The van der Waals surface area contributed by atoms with Gasteiger partial charge in [-0.3, -0.25) is 15.0 Å². The summed E-state index contributed by atoms with van der Waals surface area (Å²) in [5.74, 6) is -0.244. The van der Waals surface area contributed by atoms with E-state index in [2.05, 4.69) is 27.8 Å². The lowest BCUT2D eigenvalue weighted by molar-refractivity contribution is -0.125. The predicted molar refractivity (Wildman–Crippen MR) is 70.3 cm³/mol. The van der Waals surface area contributed by atoms with E-state index in [1.54, 1.807) is 0 Å². The molecule has 104 valence electrons. The summed E-state index contributed by atoms with van der Waals surface area (Å²) in [7, 11) is 1.50. The summed E-state index contributed by atoms with van der Waals surface area (Å²) in [6, 6.07) is -0.283. The zero-order valence-electron chi connectivity index (χ0n) is 11.5. The van der Waals surface area contributed by atoms with E-state index in [4.69, 9.17) is 0 Å². The summed E-state index contributed by atoms with van der Waals surface area (Å²) in [5, 5.41) is 8.11. The molecule has 0 aliphatic carbocycles. The molecule has 0 spiro atoms. The van der Waals surface area contributed by atoms with E-state index in [0.717, 1.165) is 32.5 Å². The minimum Gasteiger partial charge on any atom is -0.341 e. The lowest BCUT2D eigenvalue weighted by Crippen LogP contribution is -2.54. The minimum absolute atomic E-state index is 0.244. The Balaban J connectivity index is 2.47. The van der Waals surface area contributed by atoms with Crippen LogP contribution in [0.5, 0.6) is 0 Å². The number of nitrogens with one attached hydrogen (secondary N) is 3. The van der Waals surface area contributed by atoms with Crippen LogP contribution in [0.3, 0.4) is 0 Å². The number of imide groups is 1. The highest BCUT2D eigenvalue weighted by Crippen LogP contribution is 2.13. The maximum Gasteiger partial charge on any atom is 0.321 e. The molecule has 0 radical (unpaired) electrons. The van der Waals surface area contributed by atoms with Crippen LogP contribution in [0.15, 0.2) is 0 Å². The van der Waals surface area contributed by atoms with Gasteiger partial charge in [-0.25, -0.2) is 4.79 Å². The number of amides is 3. The van der Waals surface area contributed by atoms with E-state index < -0.39 is 6.03 Å². The van der Waals surface area contributed by atoms with Crippen LogP contribution in [0.2, 0.25) is 0 Å². The van der Waals surface area contributed by atoms with Crippen LogP contribution >= 0.6 is 0 Å². The van der Waals surface area contributed by atoms with E-state index in [9.17, 15) is 9.59 Å². The van der Waals surface area contributed by atoms with E-state index >= 15 is 0 Å². The summed E-state index contributed by atoms with van der Waals surface area (Å²) in [4.78, 5) is 25.1. The highest BCUT2D eigenvalue weighted by Gasteiger charge is 2.27. The molecule has 2 atom stereocenters. The molecule has 0 aromatic rings. The van der Waals surface area contributed by atoms with Crippen molar-refractivity contribution >= 4 is 11.9 Å². The van der Waals surface area contributed by atoms with E-state index in [0.29, 0.717) is 6.04 Å². The number of carbonyl (C=O) groups excluding carboxylic acids is 2. The fourth-order valence-corrected chi connectivity index (χ4v) is 2.26. The molecule has 1 aliphatic rings. The number of rotatable bonds is 4. The maximum absolute atomic E-state index is 11.8. The van der Waals surface area contributed by atoms with Gasteiger partial charge >= 0.3 is 6.03 Å². The van der Waals surface area contributed by atoms with Crippen molar-refractivity contribution in [3.8, 4) is 0 Å². The van der Waals surface area contributed by atoms with Crippen LogP contribution in [0.4, 0.5) is 4.79 Å². The molecular formula is C12H24N4O2. The molecule has 1 rings (SSSR count). The average Bonchev–Trinajstić information content (AvgIpc) is 2.38. The molecule has 18 heavy (non-hydrogen) atoms. The fraction of sp³-hybridized carbons (Fsp3) is 0.833. The Morgan fingerprint density at radius 3 is 2.78 bits per heavy atom. The van der Waals surface area contributed by atoms with Crippen molar-refractivity contribution in [3.05, 3.63) is 0 Å². The third kappa shape index (κ3) is 4.27. The van der Waals surface area contributed by atoms with Crippen molar-refractivity contribution in [1.82, 2.24) is 20.9 Å². The summed E-state index contributed by atoms with van der Waals surface area (Å²) in [6.07, 6.45) is 2.23. The normalized spacial score (nSPS) is 22.3. The number of likely N-dealkylation sites (tertiary alicyclic amines) is 1. The van der Waals surface area contributed by atoms with Gasteiger partial charge in [0.1, 0.15) is 0 Å². The first-order valence-electron chi connectivity index (χ1n) is 6.58. The first-order chi connectivity index (χ1) is 8.58. The molecule has 6 heteroatoms. The van der Waals surface area contributed by atoms with Crippen LogP contribution in [-0.2, 0) is 4.79 Å². The largest absolute Gasteiger partial charge is 0.341 e. The molecule has 0 aromatic carbocycles. The van der Waals surface area contributed by atoms with Crippen LogP contribution in [-0.4, -0.2) is 55.6 Å². The Morgan fingerprint density at radius 1 is 1.44 bits per heavy atom. The zero-order chi connectivity index (χ0) is 13.5. The Hall–Kier alpha value is -1.14. The topological polar surface area (TPSA) is 73.5 Å². The van der Waals surface area contributed by atoms with Crippen molar-refractivity contribution in [2.24, 2.45) is 0 Å². The second-order valence-electron chi connectivity index (χ2n) is 4.64. The molecule has 1 fully saturated rings. The van der Waals surface area contributed by atoms with Gasteiger partial charge in [-0.15, -0.1) is 0 Å². The Morgan fingerprint density at radius 2 is 2.17 bits per heavy atom. The van der Waals surface area contributed by atoms with Gasteiger partial charge in [0.15, 0.2) is 0 Å². The zero-order valence-corrected chi connectivity index (χ0v) is 11.5. The van der Waals surface area contributed by atoms with Crippen LogP contribution < -0.4 is 16.0 Å². The molecule has 2 unspecified atom stereocenters. The summed E-state index contributed by atoms with van der Waals surface area (Å²) in [5.41, 5.74) is 0. The molecular weight excluding hydrogens is 232 g/mol. The lowest BCUT2D eigenvalue weighted by Gasteiger charge is -2.36. The smallest absolute Gasteiger partial charge is 0.321 e. The first-order valence-corrected chi connectivity index (χ1v) is 6.58. The quantitative estimate of drug-likeness (QED) is 0.657. The second-order valence-corrected chi connectivity index (χ2v) is 4.64. The molecule has 3 N–H and O–H groups in total. The van der Waals surface area contributed by atoms with Crippen molar-refractivity contribution < 1.29 is 9.59 Å². The third-order valence-corrected chi connectivity index (χ3v) is 3.34. The van der Waals surface area contributed by atoms with E-state index in [1.165, 1.54) is 7.05 Å². The van der Waals surface area contributed by atoms with Gasteiger partial charge in [-0.1, -0.05) is 6.92 Å². The number of carbonyl (C=O) groups is 2. The highest BCUT2D eigenvalue weighted by atomic mass is 16.2. The van der Waals surface area contributed by atoms with Gasteiger partial charge in [0, 0.05) is 19.6 Å². The Kier molecular flexibility index (Phi) is 6.07. The first kappa shape index (κ1) is 14.9. The van der Waals surface area contributed by atoms with Gasteiger partial charge in [-0.05, 0) is 32.9 Å². The molecule has 1 heterocycles. The number of piperidine rings is 1. The SMILES string of the molecule is CCNC1CCCN(C(C)C(=O)NC(=O)NC)C1. The van der Waals surface area contributed by atoms with Gasteiger partial charge in [0.25, 0.3) is 0 Å². The summed E-state index contributed by atoms with van der Waals surface area (Å²) >= 11 is 0. The fourth-order valence-electron chi connectivity index (χ4n) is 2.26. The van der Waals surface area contributed by atoms with E-state index in [1.807, 2.05) is 6.92 Å². The number of nitrogens with zero attached hydrogens (tertiary/aromatic N) is 1. The van der Waals surface area contributed by atoms with E-state index in [-0.39, 0.29) is 11.9 Å². The molecule has 1 saturated heterocycles. The number of likely N-dealkylation sites (N-methyl/N-ethyl adjacent to an activating group) is 1. The van der Waals surface area contributed by atoms with Crippen molar-refractivity contribution in [3.63, 3.8) is 0 Å². The van der Waals surface area contributed by atoms with Gasteiger partial charge in [-0.2, -0.15) is 0 Å². The Labute approximate surface area is 108 Å². The van der Waals surface area contributed by atoms with Crippen LogP contribution in [0.25, 0.3) is 0 Å². The average molecular weight is 256 g/mol. The van der Waals surface area contributed by atoms with Gasteiger partial charge in [0.2, 0.25) is 5.91 Å². The van der Waals surface area contributed by atoms with Crippen molar-refractivity contribution in [2.45, 2.75) is 38.8 Å². The van der Waals surface area contributed by atoms with Crippen molar-refractivity contribution in [2.75, 3.05) is 26.7 Å². The Bertz CT molecular complexity index is 294. The summed E-state index contributed by atoms with van der Waals surface area (Å²) < 4.78 is 0.